The predicted octanol–water partition coefficient (Wildman–Crippen LogP) is 0.345. The van der Waals surface area contributed by atoms with Crippen LogP contribution in [0.5, 0.6) is 0 Å². The summed E-state index contributed by atoms with van der Waals surface area (Å²) in [6, 6.07) is 0. The fraction of sp³-hybridized carbons (Fsp3) is 0.800. The fourth-order valence-electron chi connectivity index (χ4n) is 1.61. The van der Waals surface area contributed by atoms with Gasteiger partial charge in [-0.2, -0.15) is 0 Å². The first kappa shape index (κ1) is 12.0. The number of morpholine rings is 1. The van der Waals surface area contributed by atoms with Crippen LogP contribution in [-0.4, -0.2) is 47.2 Å². The van der Waals surface area contributed by atoms with E-state index >= 15 is 0 Å². The topological polar surface area (TPSA) is 66.8 Å². The van der Waals surface area contributed by atoms with Crippen molar-refractivity contribution in [2.24, 2.45) is 5.92 Å². The highest BCUT2D eigenvalue weighted by atomic mass is 16.5. The molecule has 1 rings (SSSR count). The van der Waals surface area contributed by atoms with Gasteiger partial charge in [0.2, 0.25) is 5.91 Å². The number of carbonyl (C=O) groups is 2. The van der Waals surface area contributed by atoms with E-state index in [-0.39, 0.29) is 5.91 Å². The van der Waals surface area contributed by atoms with Crippen LogP contribution in [0.25, 0.3) is 0 Å². The lowest BCUT2D eigenvalue weighted by Crippen LogP contribution is -2.57. The van der Waals surface area contributed by atoms with Gasteiger partial charge in [0.25, 0.3) is 0 Å². The molecule has 0 saturated carbocycles. The maximum absolute atomic E-state index is 11.8. The maximum Gasteiger partial charge on any atom is 0.315 e. The first-order chi connectivity index (χ1) is 6.86. The second-order valence-corrected chi connectivity index (χ2v) is 4.41. The van der Waals surface area contributed by atoms with Crippen molar-refractivity contribution in [3.63, 3.8) is 0 Å². The molecule has 1 aliphatic rings. The molecular formula is C10H17NO4. The van der Waals surface area contributed by atoms with E-state index in [1.165, 1.54) is 6.92 Å². The maximum atomic E-state index is 11.8. The Morgan fingerprint density at radius 1 is 1.47 bits per heavy atom. The molecule has 0 spiro atoms. The number of rotatable bonds is 2. The fourth-order valence-corrected chi connectivity index (χ4v) is 1.61. The molecule has 0 aromatic rings. The lowest BCUT2D eigenvalue weighted by molar-refractivity contribution is -0.158. The Bertz CT molecular complexity index is 275. The predicted molar refractivity (Wildman–Crippen MR) is 53.4 cm³/mol. The number of aliphatic carboxylic acids is 1. The zero-order valence-corrected chi connectivity index (χ0v) is 9.32. The van der Waals surface area contributed by atoms with Gasteiger partial charge in [0.1, 0.15) is 5.92 Å². The van der Waals surface area contributed by atoms with E-state index in [1.807, 2.05) is 13.8 Å². The Kier molecular flexibility index (Phi) is 3.34. The number of hydrogen-bond acceptors (Lipinski definition) is 3. The molecule has 1 saturated heterocycles. The van der Waals surface area contributed by atoms with Gasteiger partial charge in [0.05, 0.1) is 18.8 Å². The zero-order chi connectivity index (χ0) is 11.6. The largest absolute Gasteiger partial charge is 0.481 e. The van der Waals surface area contributed by atoms with Gasteiger partial charge in [-0.3, -0.25) is 9.59 Å². The molecule has 0 aromatic carbocycles. The minimum Gasteiger partial charge on any atom is -0.481 e. The molecule has 1 heterocycles. The first-order valence-electron chi connectivity index (χ1n) is 4.98. The second-order valence-electron chi connectivity index (χ2n) is 4.41. The summed E-state index contributed by atoms with van der Waals surface area (Å²) in [4.78, 5) is 24.2. The van der Waals surface area contributed by atoms with Crippen LogP contribution >= 0.6 is 0 Å². The number of carbonyl (C=O) groups excluding carboxylic acids is 1. The Balaban J connectivity index is 2.77. The first-order valence-corrected chi connectivity index (χ1v) is 4.98. The van der Waals surface area contributed by atoms with Crippen molar-refractivity contribution < 1.29 is 19.4 Å². The summed E-state index contributed by atoms with van der Waals surface area (Å²) >= 11 is 0. The Morgan fingerprint density at radius 2 is 2.07 bits per heavy atom. The van der Waals surface area contributed by atoms with Crippen molar-refractivity contribution >= 4 is 11.9 Å². The van der Waals surface area contributed by atoms with Crippen LogP contribution in [0.1, 0.15) is 20.8 Å². The normalized spacial score (nSPS) is 22.2. The average molecular weight is 215 g/mol. The number of carboxylic acids is 1. The van der Waals surface area contributed by atoms with Crippen molar-refractivity contribution in [3.05, 3.63) is 0 Å². The highest BCUT2D eigenvalue weighted by molar-refractivity contribution is 5.96. The van der Waals surface area contributed by atoms with E-state index in [1.54, 1.807) is 4.90 Å². The summed E-state index contributed by atoms with van der Waals surface area (Å²) in [7, 11) is 0. The van der Waals surface area contributed by atoms with Crippen LogP contribution in [0.15, 0.2) is 0 Å². The summed E-state index contributed by atoms with van der Waals surface area (Å²) in [5.41, 5.74) is -0.418. The summed E-state index contributed by atoms with van der Waals surface area (Å²) < 4.78 is 5.26. The highest BCUT2D eigenvalue weighted by Crippen LogP contribution is 2.21. The Labute approximate surface area is 89.0 Å². The third kappa shape index (κ3) is 2.47. The van der Waals surface area contributed by atoms with Crippen LogP contribution in [0.4, 0.5) is 0 Å². The quantitative estimate of drug-likeness (QED) is 0.675. The summed E-state index contributed by atoms with van der Waals surface area (Å²) in [6.45, 7) is 6.55. The second kappa shape index (κ2) is 4.18. The van der Waals surface area contributed by atoms with Crippen LogP contribution in [-0.2, 0) is 14.3 Å². The molecule has 1 unspecified atom stereocenters. The third-order valence-electron chi connectivity index (χ3n) is 2.65. The number of hydrogen-bond donors (Lipinski definition) is 1. The number of carboxylic acid groups (broad SMARTS) is 1. The van der Waals surface area contributed by atoms with Crippen LogP contribution < -0.4 is 0 Å². The molecule has 1 amide bonds. The van der Waals surface area contributed by atoms with Gasteiger partial charge in [-0.05, 0) is 20.8 Å². The molecule has 0 radical (unpaired) electrons. The van der Waals surface area contributed by atoms with Gasteiger partial charge < -0.3 is 14.7 Å². The van der Waals surface area contributed by atoms with E-state index in [0.29, 0.717) is 19.8 Å². The average Bonchev–Trinajstić information content (AvgIpc) is 2.15. The van der Waals surface area contributed by atoms with Crippen molar-refractivity contribution in [1.82, 2.24) is 4.90 Å². The Hall–Kier alpha value is -1.10. The lowest BCUT2D eigenvalue weighted by atomic mass is 9.99. The minimum absolute atomic E-state index is 0.337. The van der Waals surface area contributed by atoms with E-state index in [4.69, 9.17) is 9.84 Å². The molecule has 1 atom stereocenters. The molecule has 0 bridgehead atoms. The third-order valence-corrected chi connectivity index (χ3v) is 2.65. The van der Waals surface area contributed by atoms with Gasteiger partial charge in [-0.15, -0.1) is 0 Å². The smallest absolute Gasteiger partial charge is 0.315 e. The molecule has 1 N–H and O–H groups in total. The van der Waals surface area contributed by atoms with E-state index in [2.05, 4.69) is 0 Å². The number of nitrogens with zero attached hydrogens (tertiary/aromatic N) is 1. The SMILES string of the molecule is CC(C(=O)O)C(=O)N1CCOCC1(C)C. The van der Waals surface area contributed by atoms with Gasteiger partial charge >= 0.3 is 5.97 Å². The van der Waals surface area contributed by atoms with Crippen LogP contribution in [0, 0.1) is 5.92 Å². The minimum atomic E-state index is -1.08. The molecular weight excluding hydrogens is 198 g/mol. The van der Waals surface area contributed by atoms with Crippen molar-refractivity contribution in [2.75, 3.05) is 19.8 Å². The Morgan fingerprint density at radius 3 is 2.53 bits per heavy atom. The van der Waals surface area contributed by atoms with Crippen LogP contribution in [0.3, 0.4) is 0 Å². The van der Waals surface area contributed by atoms with Gasteiger partial charge in [0, 0.05) is 6.54 Å². The number of amides is 1. The van der Waals surface area contributed by atoms with Crippen molar-refractivity contribution in [1.29, 1.82) is 0 Å². The molecule has 0 aliphatic carbocycles. The standard InChI is InChI=1S/C10H17NO4/c1-7(9(13)14)8(12)11-4-5-15-6-10(11,2)3/h7H,4-6H2,1-3H3,(H,13,14). The molecule has 5 nitrogen and oxygen atoms in total. The molecule has 1 aliphatic heterocycles. The molecule has 1 fully saturated rings. The zero-order valence-electron chi connectivity index (χ0n) is 9.32. The van der Waals surface area contributed by atoms with Crippen molar-refractivity contribution in [3.8, 4) is 0 Å². The van der Waals surface area contributed by atoms with Crippen LogP contribution in [0.2, 0.25) is 0 Å². The summed E-state index contributed by atoms with van der Waals surface area (Å²) in [6.07, 6.45) is 0. The summed E-state index contributed by atoms with van der Waals surface area (Å²) in [5, 5.41) is 8.77. The summed E-state index contributed by atoms with van der Waals surface area (Å²) in [5.74, 6) is -2.40. The highest BCUT2D eigenvalue weighted by Gasteiger charge is 2.37. The van der Waals surface area contributed by atoms with Crippen molar-refractivity contribution in [2.45, 2.75) is 26.3 Å². The van der Waals surface area contributed by atoms with Gasteiger partial charge in [-0.1, -0.05) is 0 Å². The lowest BCUT2D eigenvalue weighted by Gasteiger charge is -2.42. The monoisotopic (exact) mass is 215 g/mol. The van der Waals surface area contributed by atoms with E-state index in [0.717, 1.165) is 0 Å². The van der Waals surface area contributed by atoms with Gasteiger partial charge in [-0.25, -0.2) is 0 Å². The van der Waals surface area contributed by atoms with E-state index < -0.39 is 17.4 Å². The molecule has 15 heavy (non-hydrogen) atoms. The molecule has 5 heteroatoms. The molecule has 86 valence electrons. The van der Waals surface area contributed by atoms with E-state index in [9.17, 15) is 9.59 Å². The van der Waals surface area contributed by atoms with Gasteiger partial charge in [0.15, 0.2) is 0 Å². The number of ether oxygens (including phenoxy) is 1. The molecule has 0 aromatic heterocycles.